The maximum Gasteiger partial charge on any atom is 0.0916 e. The minimum Gasteiger partial charge on any atom is -0.387 e. The third-order valence-corrected chi connectivity index (χ3v) is 4.31. The van der Waals surface area contributed by atoms with Gasteiger partial charge in [0.2, 0.25) is 0 Å². The molecular weight excluding hydrogens is 282 g/mol. The summed E-state index contributed by atoms with van der Waals surface area (Å²) in [4.78, 5) is 2.92. The predicted octanol–water partition coefficient (Wildman–Crippen LogP) is 2.59. The van der Waals surface area contributed by atoms with E-state index < -0.39 is 16.9 Å². The van der Waals surface area contributed by atoms with Gasteiger partial charge in [-0.25, -0.2) is 0 Å². The summed E-state index contributed by atoms with van der Waals surface area (Å²) >= 11 is 0. The number of likely N-dealkylation sites (N-methyl/N-ethyl adjacent to an activating group) is 1. The Morgan fingerprint density at radius 1 is 1.10 bits per heavy atom. The van der Waals surface area contributed by atoms with Crippen LogP contribution in [0.15, 0.2) is 59.5 Å². The topological polar surface area (TPSA) is 40.5 Å². The molecule has 1 N–H and O–H groups in total. The first-order valence-electron chi connectivity index (χ1n) is 6.90. The van der Waals surface area contributed by atoms with Crippen molar-refractivity contribution in [1.29, 1.82) is 0 Å². The Labute approximate surface area is 128 Å². The summed E-state index contributed by atoms with van der Waals surface area (Å²) in [6, 6.07) is 17.4. The van der Waals surface area contributed by atoms with Crippen LogP contribution >= 0.6 is 0 Å². The van der Waals surface area contributed by atoms with Gasteiger partial charge in [0, 0.05) is 35.0 Å². The highest BCUT2D eigenvalue weighted by molar-refractivity contribution is 7.84. The van der Waals surface area contributed by atoms with Crippen molar-refractivity contribution in [2.24, 2.45) is 0 Å². The van der Waals surface area contributed by atoms with Crippen molar-refractivity contribution in [1.82, 2.24) is 4.90 Å². The normalized spacial score (nSPS) is 14.1. The van der Waals surface area contributed by atoms with Crippen LogP contribution in [-0.2, 0) is 17.3 Å². The monoisotopic (exact) mass is 303 g/mol. The molecule has 21 heavy (non-hydrogen) atoms. The molecule has 112 valence electrons. The highest BCUT2D eigenvalue weighted by Gasteiger charge is 2.10. The fourth-order valence-electron chi connectivity index (χ4n) is 2.24. The van der Waals surface area contributed by atoms with Gasteiger partial charge in [-0.2, -0.15) is 0 Å². The minimum atomic E-state index is -0.938. The summed E-state index contributed by atoms with van der Waals surface area (Å²) in [5, 5.41) is 10.2. The van der Waals surface area contributed by atoms with E-state index in [4.69, 9.17) is 0 Å². The molecule has 0 bridgehead atoms. The predicted molar refractivity (Wildman–Crippen MR) is 86.5 cm³/mol. The maximum atomic E-state index is 11.3. The first kappa shape index (κ1) is 15.9. The molecule has 0 spiro atoms. The lowest BCUT2D eigenvalue weighted by molar-refractivity contribution is 0.124. The fourth-order valence-corrected chi connectivity index (χ4v) is 2.76. The van der Waals surface area contributed by atoms with Crippen LogP contribution in [0.3, 0.4) is 0 Å². The third kappa shape index (κ3) is 4.77. The van der Waals surface area contributed by atoms with Crippen LogP contribution in [0.4, 0.5) is 0 Å². The second kappa shape index (κ2) is 7.50. The summed E-state index contributed by atoms with van der Waals surface area (Å²) in [6.07, 6.45) is 1.19. The van der Waals surface area contributed by atoms with Gasteiger partial charge in [0.1, 0.15) is 0 Å². The molecule has 0 aromatic heterocycles. The highest BCUT2D eigenvalue weighted by atomic mass is 32.2. The number of rotatable bonds is 6. The van der Waals surface area contributed by atoms with Crippen LogP contribution in [0.5, 0.6) is 0 Å². The number of aliphatic hydroxyl groups is 1. The Hall–Kier alpha value is -1.49. The van der Waals surface area contributed by atoms with Crippen LogP contribution in [0.1, 0.15) is 17.2 Å². The lowest BCUT2D eigenvalue weighted by atomic mass is 10.1. The zero-order chi connectivity index (χ0) is 15.2. The number of hydrogen-bond acceptors (Lipinski definition) is 3. The molecule has 0 heterocycles. The van der Waals surface area contributed by atoms with Crippen molar-refractivity contribution in [3.63, 3.8) is 0 Å². The Balaban J connectivity index is 1.92. The maximum absolute atomic E-state index is 11.3. The van der Waals surface area contributed by atoms with Gasteiger partial charge in [-0.3, -0.25) is 9.11 Å². The number of hydrogen-bond donors (Lipinski definition) is 1. The zero-order valence-corrected chi connectivity index (χ0v) is 13.2. The average Bonchev–Trinajstić information content (AvgIpc) is 2.48. The molecule has 0 aliphatic heterocycles. The minimum absolute atomic E-state index is 0.487. The molecule has 2 unspecified atom stereocenters. The third-order valence-electron chi connectivity index (χ3n) is 3.38. The quantitative estimate of drug-likeness (QED) is 0.892. The van der Waals surface area contributed by atoms with Crippen molar-refractivity contribution < 1.29 is 9.32 Å². The SMILES string of the molecule is CN(Cc1ccc(S(C)=O)cc1)CC(O)c1ccccc1. The van der Waals surface area contributed by atoms with Crippen molar-refractivity contribution in [2.75, 3.05) is 19.8 Å². The Kier molecular flexibility index (Phi) is 5.67. The van der Waals surface area contributed by atoms with E-state index in [9.17, 15) is 9.32 Å². The van der Waals surface area contributed by atoms with E-state index in [0.29, 0.717) is 6.54 Å². The van der Waals surface area contributed by atoms with Crippen molar-refractivity contribution in [3.05, 3.63) is 65.7 Å². The molecular formula is C17H21NO2S. The van der Waals surface area contributed by atoms with Crippen molar-refractivity contribution >= 4 is 10.8 Å². The lowest BCUT2D eigenvalue weighted by Crippen LogP contribution is -2.24. The molecule has 0 fully saturated rings. The highest BCUT2D eigenvalue weighted by Crippen LogP contribution is 2.15. The average molecular weight is 303 g/mol. The van der Waals surface area contributed by atoms with E-state index in [1.54, 1.807) is 6.26 Å². The van der Waals surface area contributed by atoms with Crippen molar-refractivity contribution in [2.45, 2.75) is 17.5 Å². The molecule has 4 heteroatoms. The van der Waals surface area contributed by atoms with Gasteiger partial charge >= 0.3 is 0 Å². The van der Waals surface area contributed by atoms with Crippen LogP contribution in [0, 0.1) is 0 Å². The van der Waals surface area contributed by atoms with Gasteiger partial charge in [0.25, 0.3) is 0 Å². The van der Waals surface area contributed by atoms with E-state index in [1.165, 1.54) is 0 Å². The first-order chi connectivity index (χ1) is 10.1. The Bertz CT molecular complexity index is 583. The summed E-state index contributed by atoms with van der Waals surface area (Å²) < 4.78 is 11.3. The standard InChI is InChI=1S/C17H21NO2S/c1-18(13-17(19)15-6-4-3-5-7-15)12-14-8-10-16(11-9-14)21(2)20/h3-11,17,19H,12-13H2,1-2H3. The van der Waals surface area contributed by atoms with Gasteiger partial charge < -0.3 is 5.11 Å². The van der Waals surface area contributed by atoms with Gasteiger partial charge in [-0.05, 0) is 30.3 Å². The first-order valence-corrected chi connectivity index (χ1v) is 8.46. The van der Waals surface area contributed by atoms with E-state index in [0.717, 1.165) is 22.6 Å². The van der Waals surface area contributed by atoms with Gasteiger partial charge in [-0.15, -0.1) is 0 Å². The fraction of sp³-hybridized carbons (Fsp3) is 0.294. The summed E-state index contributed by atoms with van der Waals surface area (Å²) in [5.74, 6) is 0. The number of benzene rings is 2. The summed E-state index contributed by atoms with van der Waals surface area (Å²) in [6.45, 7) is 1.33. The molecule has 0 saturated heterocycles. The van der Waals surface area contributed by atoms with Crippen LogP contribution in [0.25, 0.3) is 0 Å². The van der Waals surface area contributed by atoms with Crippen LogP contribution < -0.4 is 0 Å². The summed E-state index contributed by atoms with van der Waals surface area (Å²) in [7, 11) is 1.05. The van der Waals surface area contributed by atoms with E-state index >= 15 is 0 Å². The van der Waals surface area contributed by atoms with E-state index in [1.807, 2.05) is 61.6 Å². The summed E-state index contributed by atoms with van der Waals surface area (Å²) in [5.41, 5.74) is 2.08. The van der Waals surface area contributed by atoms with Crippen LogP contribution in [0.2, 0.25) is 0 Å². The zero-order valence-electron chi connectivity index (χ0n) is 12.4. The second-order valence-electron chi connectivity index (χ2n) is 5.22. The van der Waals surface area contributed by atoms with E-state index in [2.05, 4.69) is 4.90 Å². The molecule has 0 radical (unpaired) electrons. The lowest BCUT2D eigenvalue weighted by Gasteiger charge is -2.21. The van der Waals surface area contributed by atoms with Gasteiger partial charge in [0.05, 0.1) is 6.10 Å². The van der Waals surface area contributed by atoms with Gasteiger partial charge in [0.15, 0.2) is 0 Å². The molecule has 2 aromatic rings. The Morgan fingerprint density at radius 2 is 1.71 bits per heavy atom. The molecule has 2 aromatic carbocycles. The smallest absolute Gasteiger partial charge is 0.0916 e. The molecule has 0 amide bonds. The molecule has 2 atom stereocenters. The molecule has 3 nitrogen and oxygen atoms in total. The van der Waals surface area contributed by atoms with E-state index in [-0.39, 0.29) is 0 Å². The molecule has 0 aliphatic rings. The largest absolute Gasteiger partial charge is 0.387 e. The molecule has 0 saturated carbocycles. The second-order valence-corrected chi connectivity index (χ2v) is 6.60. The number of nitrogens with zero attached hydrogens (tertiary/aromatic N) is 1. The van der Waals surface area contributed by atoms with Crippen molar-refractivity contribution in [3.8, 4) is 0 Å². The van der Waals surface area contributed by atoms with Gasteiger partial charge in [-0.1, -0.05) is 42.5 Å². The Morgan fingerprint density at radius 3 is 2.29 bits per heavy atom. The van der Waals surface area contributed by atoms with Crippen LogP contribution in [-0.4, -0.2) is 34.1 Å². The molecule has 2 rings (SSSR count). The number of aliphatic hydroxyl groups excluding tert-OH is 1. The molecule has 0 aliphatic carbocycles.